The number of rotatable bonds is 18. The molecule has 0 unspecified atom stereocenters. The summed E-state index contributed by atoms with van der Waals surface area (Å²) in [4.78, 5) is 18.6. The minimum atomic E-state index is -3.71. The molecular weight excluding hydrogens is 947 g/mol. The van der Waals surface area contributed by atoms with Crippen LogP contribution in [0, 0.1) is 0 Å². The first-order chi connectivity index (χ1) is 33.2. The van der Waals surface area contributed by atoms with Gasteiger partial charge in [0.25, 0.3) is 21.8 Å². The molecule has 366 valence electrons. The van der Waals surface area contributed by atoms with Gasteiger partial charge in [0.2, 0.25) is 27.7 Å². The quantitative estimate of drug-likeness (QED) is 0.0834. The van der Waals surface area contributed by atoms with Crippen LogP contribution in [-0.4, -0.2) is 129 Å². The summed E-state index contributed by atoms with van der Waals surface area (Å²) in [7, 11) is -7.41. The van der Waals surface area contributed by atoms with E-state index in [9.17, 15) is 39.2 Å². The fraction of sp³-hybridized carbons (Fsp3) is 0.326. The fourth-order valence-electron chi connectivity index (χ4n) is 7.30. The molecule has 4 heterocycles. The second kappa shape index (κ2) is 23.2. The molecule has 0 N–H and O–H groups in total. The number of piperazine rings is 1. The van der Waals surface area contributed by atoms with Crippen LogP contribution in [0.2, 0.25) is 0 Å². The molecule has 2 aromatic heterocycles. The molecule has 0 radical (unpaired) electrons. The third-order valence-corrected chi connectivity index (χ3v) is 14.2. The smallest absolute Gasteiger partial charge is 0.314 e. The number of alkyl halides is 4. The first-order valence-electron chi connectivity index (χ1n) is 21.7. The summed E-state index contributed by atoms with van der Waals surface area (Å²) in [5.41, 5.74) is 3.35. The Kier molecular flexibility index (Phi) is 16.9. The molecule has 0 spiro atoms. The lowest BCUT2D eigenvalue weighted by Crippen LogP contribution is -2.52. The topological polar surface area (TPSA) is 189 Å². The van der Waals surface area contributed by atoms with Gasteiger partial charge in [0.15, 0.2) is 0 Å². The first kappa shape index (κ1) is 50.3. The summed E-state index contributed by atoms with van der Waals surface area (Å²) in [6, 6.07) is 30.7. The van der Waals surface area contributed by atoms with E-state index < -0.39 is 44.7 Å². The predicted octanol–water partition coefficient (Wildman–Crippen LogP) is 6.64. The third kappa shape index (κ3) is 13.6. The summed E-state index contributed by atoms with van der Waals surface area (Å²) in [5, 5.41) is 14.8. The number of morpholine rings is 1. The Bertz CT molecular complexity index is 2810. The van der Waals surface area contributed by atoms with Gasteiger partial charge in [0.05, 0.1) is 50.0 Å². The van der Waals surface area contributed by atoms with Crippen molar-refractivity contribution >= 4 is 37.3 Å². The van der Waals surface area contributed by atoms with Crippen LogP contribution in [0.4, 0.5) is 28.9 Å². The molecule has 2 aliphatic rings. The number of amides is 1. The number of nitrogens with zero attached hydrogens (tertiary/aromatic N) is 9. The average molecular weight is 996 g/mol. The summed E-state index contributed by atoms with van der Waals surface area (Å²) in [5.74, 6) is -1.52. The molecule has 0 bridgehead atoms. The molecule has 23 heteroatoms. The van der Waals surface area contributed by atoms with Gasteiger partial charge >= 0.3 is 12.9 Å². The molecule has 69 heavy (non-hydrogen) atoms. The highest BCUT2D eigenvalue weighted by Crippen LogP contribution is 2.28. The van der Waals surface area contributed by atoms with Gasteiger partial charge in [-0.25, -0.2) is 16.8 Å². The molecule has 0 atom stereocenters. The standard InChI is InChI=1S/C28H34F2N6O5S.C18H15F2N3O3S/c29-26(30)28-32-31-27(41-28)23-8-6-22(7-9-23)20-36(24-4-2-1-3-5-24)42(38,39)19-16-33-10-12-34(13-11-33)21-25(37)35-14-17-40-18-15-35;1-2-27(24,25)23(15-6-4-3-5-7-15)12-13-8-10-14(11-9-13)17-21-22-18(26-17)16(19)20/h1-9,26H,10-21H2;2-11,16H,1,12H2. The second-order valence-electron chi connectivity index (χ2n) is 15.7. The van der Waals surface area contributed by atoms with Crippen LogP contribution in [-0.2, 0) is 42.7 Å². The van der Waals surface area contributed by atoms with Crippen LogP contribution < -0.4 is 8.61 Å². The van der Waals surface area contributed by atoms with Crippen molar-refractivity contribution in [2.75, 3.05) is 79.9 Å². The van der Waals surface area contributed by atoms with Crippen molar-refractivity contribution in [3.63, 3.8) is 0 Å². The largest absolute Gasteiger partial charge is 0.415 e. The number of para-hydroxylation sites is 2. The lowest BCUT2D eigenvalue weighted by Gasteiger charge is -2.36. The van der Waals surface area contributed by atoms with Gasteiger partial charge in [-0.1, -0.05) is 67.2 Å². The number of anilines is 2. The number of ether oxygens (including phenoxy) is 1. The van der Waals surface area contributed by atoms with Gasteiger partial charge in [0.1, 0.15) is 0 Å². The zero-order chi connectivity index (χ0) is 49.0. The third-order valence-electron chi connectivity index (χ3n) is 11.1. The van der Waals surface area contributed by atoms with Crippen LogP contribution in [0.1, 0.15) is 35.8 Å². The molecule has 0 aliphatic carbocycles. The van der Waals surface area contributed by atoms with Crippen LogP contribution in [0.5, 0.6) is 0 Å². The van der Waals surface area contributed by atoms with Crippen molar-refractivity contribution in [3.8, 4) is 22.9 Å². The lowest BCUT2D eigenvalue weighted by atomic mass is 10.1. The Hall–Kier alpha value is -6.53. The number of sulfonamides is 2. The Morgan fingerprint density at radius 1 is 0.623 bits per heavy atom. The second-order valence-corrected chi connectivity index (χ2v) is 19.5. The van der Waals surface area contributed by atoms with Gasteiger partial charge in [-0.15, -0.1) is 20.4 Å². The van der Waals surface area contributed by atoms with E-state index in [1.54, 1.807) is 103 Å². The number of carbonyl (C=O) groups is 1. The maximum atomic E-state index is 13.6. The van der Waals surface area contributed by atoms with E-state index in [-0.39, 0.29) is 36.5 Å². The highest BCUT2D eigenvalue weighted by molar-refractivity contribution is 7.95. The number of aromatic nitrogens is 4. The number of hydrogen-bond acceptors (Lipinski definition) is 14. The fourth-order valence-corrected chi connectivity index (χ4v) is 9.73. The number of carbonyl (C=O) groups excluding carboxylic acids is 1. The van der Waals surface area contributed by atoms with E-state index in [0.717, 1.165) is 5.41 Å². The molecule has 0 saturated carbocycles. The van der Waals surface area contributed by atoms with Crippen LogP contribution in [0.15, 0.2) is 130 Å². The van der Waals surface area contributed by atoms with E-state index >= 15 is 0 Å². The highest BCUT2D eigenvalue weighted by atomic mass is 32.2. The van der Waals surface area contributed by atoms with Crippen molar-refractivity contribution in [2.45, 2.75) is 25.9 Å². The van der Waals surface area contributed by atoms with E-state index in [4.69, 9.17) is 13.6 Å². The van der Waals surface area contributed by atoms with Crippen molar-refractivity contribution in [1.29, 1.82) is 0 Å². The zero-order valence-corrected chi connectivity index (χ0v) is 38.8. The summed E-state index contributed by atoms with van der Waals surface area (Å²) >= 11 is 0. The molecule has 2 aliphatic heterocycles. The molecule has 1 amide bonds. The Balaban J connectivity index is 0.000000224. The minimum absolute atomic E-state index is 0.0320. The highest BCUT2D eigenvalue weighted by Gasteiger charge is 2.28. The monoisotopic (exact) mass is 995 g/mol. The average Bonchev–Trinajstić information content (AvgIpc) is 4.09. The lowest BCUT2D eigenvalue weighted by molar-refractivity contribution is -0.136. The molecule has 2 saturated heterocycles. The SMILES string of the molecule is C=CS(=O)(=O)N(Cc1ccc(-c2nnc(C(F)F)o2)cc1)c1ccccc1.O=C(CN1CCN(CCS(=O)(=O)N(Cc2ccc(-c3nnc(C(F)F)o3)cc2)c2ccccc2)CC1)N1CCOCC1. The summed E-state index contributed by atoms with van der Waals surface area (Å²) in [6.45, 7) is 9.44. The maximum Gasteiger partial charge on any atom is 0.314 e. The van der Waals surface area contributed by atoms with E-state index in [0.29, 0.717) is 99.2 Å². The Morgan fingerprint density at radius 2 is 1.07 bits per heavy atom. The Labute approximate surface area is 396 Å². The first-order valence-corrected chi connectivity index (χ1v) is 24.8. The van der Waals surface area contributed by atoms with Crippen LogP contribution in [0.25, 0.3) is 22.9 Å². The summed E-state index contributed by atoms with van der Waals surface area (Å²) in [6.07, 6.45) is -5.70. The molecule has 4 aromatic carbocycles. The van der Waals surface area contributed by atoms with Gasteiger partial charge < -0.3 is 18.5 Å². The number of benzene rings is 4. The van der Waals surface area contributed by atoms with Gasteiger partial charge in [-0.2, -0.15) is 17.6 Å². The van der Waals surface area contributed by atoms with Crippen molar-refractivity contribution in [1.82, 2.24) is 35.1 Å². The van der Waals surface area contributed by atoms with Crippen LogP contribution >= 0.6 is 0 Å². The van der Waals surface area contributed by atoms with Gasteiger partial charge in [-0.3, -0.25) is 23.2 Å². The number of hydrogen-bond donors (Lipinski definition) is 0. The number of halogens is 4. The molecular formula is C46H49F4N9O8S2. The van der Waals surface area contributed by atoms with E-state index in [2.05, 4.69) is 36.8 Å². The molecule has 6 aromatic rings. The summed E-state index contributed by atoms with van der Waals surface area (Å²) < 4.78 is 121. The van der Waals surface area contributed by atoms with Crippen molar-refractivity contribution < 1.29 is 52.8 Å². The van der Waals surface area contributed by atoms with Crippen LogP contribution in [0.3, 0.4) is 0 Å². The van der Waals surface area contributed by atoms with E-state index in [1.807, 2.05) is 11.0 Å². The Morgan fingerprint density at radius 3 is 1.52 bits per heavy atom. The molecule has 8 rings (SSSR count). The minimum Gasteiger partial charge on any atom is -0.415 e. The molecule has 17 nitrogen and oxygen atoms in total. The van der Waals surface area contributed by atoms with Crippen molar-refractivity contribution in [3.05, 3.63) is 144 Å². The maximum absolute atomic E-state index is 13.6. The van der Waals surface area contributed by atoms with E-state index in [1.165, 1.54) is 8.61 Å². The normalized spacial score (nSPS) is 14.9. The van der Waals surface area contributed by atoms with Crippen molar-refractivity contribution in [2.24, 2.45) is 0 Å². The van der Waals surface area contributed by atoms with Gasteiger partial charge in [-0.05, 0) is 59.7 Å². The predicted molar refractivity (Wildman–Crippen MR) is 248 cm³/mol. The zero-order valence-electron chi connectivity index (χ0n) is 37.1. The van der Waals surface area contributed by atoms with Gasteiger partial charge in [0, 0.05) is 62.3 Å². The molecule has 2 fully saturated rings.